The van der Waals surface area contributed by atoms with Crippen LogP contribution in [-0.2, 0) is 0 Å². The Morgan fingerprint density at radius 2 is 2.14 bits per heavy atom. The van der Waals surface area contributed by atoms with E-state index in [-0.39, 0.29) is 0 Å². The van der Waals surface area contributed by atoms with Gasteiger partial charge in [0.2, 0.25) is 0 Å². The summed E-state index contributed by atoms with van der Waals surface area (Å²) in [5.41, 5.74) is 2.09. The second-order valence-corrected chi connectivity index (χ2v) is 4.90. The Morgan fingerprint density at radius 3 is 2.64 bits per heavy atom. The lowest BCUT2D eigenvalue weighted by Gasteiger charge is -2.21. The lowest BCUT2D eigenvalue weighted by Crippen LogP contribution is -2.09. The van der Waals surface area contributed by atoms with Gasteiger partial charge in [-0.2, -0.15) is 0 Å². The highest BCUT2D eigenvalue weighted by Crippen LogP contribution is 2.60. The van der Waals surface area contributed by atoms with Crippen molar-refractivity contribution in [1.29, 1.82) is 0 Å². The first-order valence-electron chi connectivity index (χ1n) is 5.71. The zero-order valence-electron chi connectivity index (χ0n) is 9.46. The normalized spacial score (nSPS) is 41.5. The van der Waals surface area contributed by atoms with Gasteiger partial charge in [-0.25, -0.2) is 0 Å². The standard InChI is InChI=1S/C14H20/c1-4-8-14(10-12(14)3)13-7-5-6-11(2)9-13/h4-8,11-12H,9-10H2,1-3H3/b8-4-/t11?,12?,14-/m0/s1. The van der Waals surface area contributed by atoms with Crippen molar-refractivity contribution in [1.82, 2.24) is 0 Å². The van der Waals surface area contributed by atoms with Crippen LogP contribution in [0.1, 0.15) is 33.6 Å². The van der Waals surface area contributed by atoms with Gasteiger partial charge >= 0.3 is 0 Å². The molecule has 0 saturated heterocycles. The highest BCUT2D eigenvalue weighted by Gasteiger charge is 2.51. The Bertz CT molecular complexity index is 306. The minimum absolute atomic E-state index is 0.438. The zero-order valence-corrected chi connectivity index (χ0v) is 9.46. The van der Waals surface area contributed by atoms with Crippen LogP contribution in [0, 0.1) is 17.3 Å². The number of hydrogen-bond acceptors (Lipinski definition) is 0. The summed E-state index contributed by atoms with van der Waals surface area (Å²) in [4.78, 5) is 0. The van der Waals surface area contributed by atoms with Gasteiger partial charge in [-0.1, -0.05) is 49.8 Å². The SMILES string of the molecule is C/C=C\[C@]1(C2=CC=CC(C)C2)CC1C. The van der Waals surface area contributed by atoms with Crippen molar-refractivity contribution in [2.45, 2.75) is 33.6 Å². The van der Waals surface area contributed by atoms with Gasteiger partial charge < -0.3 is 0 Å². The molecule has 3 atom stereocenters. The summed E-state index contributed by atoms with van der Waals surface area (Å²) in [6.45, 7) is 6.80. The van der Waals surface area contributed by atoms with E-state index >= 15 is 0 Å². The molecule has 2 aliphatic rings. The van der Waals surface area contributed by atoms with Crippen molar-refractivity contribution >= 4 is 0 Å². The van der Waals surface area contributed by atoms with Crippen LogP contribution in [0.3, 0.4) is 0 Å². The van der Waals surface area contributed by atoms with Crippen LogP contribution < -0.4 is 0 Å². The third kappa shape index (κ3) is 1.47. The molecule has 0 amide bonds. The molecule has 2 rings (SSSR count). The smallest absolute Gasteiger partial charge is 0.0123 e. The lowest BCUT2D eigenvalue weighted by molar-refractivity contribution is 0.592. The van der Waals surface area contributed by atoms with Crippen molar-refractivity contribution in [2.24, 2.45) is 17.3 Å². The van der Waals surface area contributed by atoms with Crippen molar-refractivity contribution < 1.29 is 0 Å². The fraction of sp³-hybridized carbons (Fsp3) is 0.571. The summed E-state index contributed by atoms with van der Waals surface area (Å²) in [7, 11) is 0. The maximum atomic E-state index is 2.41. The van der Waals surface area contributed by atoms with Gasteiger partial charge in [0.05, 0.1) is 0 Å². The summed E-state index contributed by atoms with van der Waals surface area (Å²) in [5, 5.41) is 0. The van der Waals surface area contributed by atoms with Crippen molar-refractivity contribution in [3.8, 4) is 0 Å². The van der Waals surface area contributed by atoms with Gasteiger partial charge in [0, 0.05) is 5.41 Å². The van der Waals surface area contributed by atoms with Crippen LogP contribution in [0.4, 0.5) is 0 Å². The van der Waals surface area contributed by atoms with Gasteiger partial charge in [0.1, 0.15) is 0 Å². The van der Waals surface area contributed by atoms with E-state index in [2.05, 4.69) is 51.2 Å². The third-order valence-corrected chi connectivity index (χ3v) is 3.70. The fourth-order valence-electron chi connectivity index (χ4n) is 2.72. The maximum Gasteiger partial charge on any atom is 0.0123 e. The molecule has 14 heavy (non-hydrogen) atoms. The molecule has 0 spiro atoms. The van der Waals surface area contributed by atoms with E-state index in [4.69, 9.17) is 0 Å². The van der Waals surface area contributed by atoms with Crippen LogP contribution in [0.2, 0.25) is 0 Å². The zero-order chi connectivity index (χ0) is 10.2. The summed E-state index contributed by atoms with van der Waals surface area (Å²) in [6.07, 6.45) is 14.1. The van der Waals surface area contributed by atoms with Crippen molar-refractivity contribution in [3.05, 3.63) is 36.0 Å². The molecule has 2 aliphatic carbocycles. The highest BCUT2D eigenvalue weighted by molar-refractivity contribution is 5.36. The molecule has 0 N–H and O–H groups in total. The quantitative estimate of drug-likeness (QED) is 0.572. The molecule has 0 heterocycles. The molecule has 1 fully saturated rings. The summed E-state index contributed by atoms with van der Waals surface area (Å²) < 4.78 is 0. The predicted octanol–water partition coefficient (Wildman–Crippen LogP) is 4.11. The monoisotopic (exact) mass is 188 g/mol. The molecule has 1 saturated carbocycles. The molecule has 0 heteroatoms. The van der Waals surface area contributed by atoms with Crippen molar-refractivity contribution in [2.75, 3.05) is 0 Å². The Hall–Kier alpha value is -0.780. The van der Waals surface area contributed by atoms with Gasteiger partial charge in [0.15, 0.2) is 0 Å². The summed E-state index contributed by atoms with van der Waals surface area (Å²) in [6, 6.07) is 0. The largest absolute Gasteiger partial charge is 0.0908 e. The molecule has 0 radical (unpaired) electrons. The lowest BCUT2D eigenvalue weighted by atomic mass is 9.83. The van der Waals surface area contributed by atoms with E-state index in [9.17, 15) is 0 Å². The Morgan fingerprint density at radius 1 is 1.43 bits per heavy atom. The molecule has 0 aromatic carbocycles. The van der Waals surface area contributed by atoms with E-state index in [1.54, 1.807) is 5.57 Å². The Labute approximate surface area is 87.4 Å². The molecule has 0 aromatic heterocycles. The van der Waals surface area contributed by atoms with Gasteiger partial charge in [0.25, 0.3) is 0 Å². The first-order valence-corrected chi connectivity index (χ1v) is 5.71. The minimum atomic E-state index is 0.438. The first-order chi connectivity index (χ1) is 6.69. The maximum absolute atomic E-state index is 2.41. The minimum Gasteiger partial charge on any atom is -0.0908 e. The van der Waals surface area contributed by atoms with Gasteiger partial charge in [-0.05, 0) is 31.6 Å². The number of rotatable bonds is 2. The average Bonchev–Trinajstić information content (AvgIpc) is 2.79. The second kappa shape index (κ2) is 3.42. The van der Waals surface area contributed by atoms with E-state index in [0.29, 0.717) is 5.41 Å². The van der Waals surface area contributed by atoms with Gasteiger partial charge in [-0.15, -0.1) is 0 Å². The van der Waals surface area contributed by atoms with Crippen molar-refractivity contribution in [3.63, 3.8) is 0 Å². The van der Waals surface area contributed by atoms with E-state index < -0.39 is 0 Å². The second-order valence-electron chi connectivity index (χ2n) is 4.90. The van der Waals surface area contributed by atoms with Crippen LogP contribution >= 0.6 is 0 Å². The molecule has 0 nitrogen and oxygen atoms in total. The number of allylic oxidation sites excluding steroid dienone is 6. The topological polar surface area (TPSA) is 0 Å². The summed E-state index contributed by atoms with van der Waals surface area (Å²) >= 11 is 0. The van der Waals surface area contributed by atoms with Crippen LogP contribution in [0.25, 0.3) is 0 Å². The fourth-order valence-corrected chi connectivity index (χ4v) is 2.72. The Kier molecular flexibility index (Phi) is 2.38. The molecule has 0 aromatic rings. The van der Waals surface area contributed by atoms with E-state index in [1.165, 1.54) is 12.8 Å². The molecule has 76 valence electrons. The van der Waals surface area contributed by atoms with Crippen LogP contribution in [0.5, 0.6) is 0 Å². The molecule has 0 aliphatic heterocycles. The average molecular weight is 188 g/mol. The summed E-state index contributed by atoms with van der Waals surface area (Å²) in [5.74, 6) is 1.58. The molecule has 2 unspecified atom stereocenters. The molecular weight excluding hydrogens is 168 g/mol. The Balaban J connectivity index is 2.22. The van der Waals surface area contributed by atoms with Crippen LogP contribution in [0.15, 0.2) is 36.0 Å². The third-order valence-electron chi connectivity index (χ3n) is 3.70. The molecular formula is C14H20. The van der Waals surface area contributed by atoms with E-state index in [0.717, 1.165) is 11.8 Å². The first kappa shape index (κ1) is 9.76. The van der Waals surface area contributed by atoms with E-state index in [1.807, 2.05) is 0 Å². The van der Waals surface area contributed by atoms with Gasteiger partial charge in [-0.3, -0.25) is 0 Å². The molecule has 0 bridgehead atoms. The predicted molar refractivity (Wildman–Crippen MR) is 62.0 cm³/mol. The number of hydrogen-bond donors (Lipinski definition) is 0. The highest BCUT2D eigenvalue weighted by atomic mass is 14.5. The van der Waals surface area contributed by atoms with Crippen LogP contribution in [-0.4, -0.2) is 0 Å².